The number of anilines is 2. The predicted molar refractivity (Wildman–Crippen MR) is 76.1 cm³/mol. The maximum Gasteiger partial charge on any atom is 0.246 e. The average Bonchev–Trinajstić information content (AvgIpc) is 2.94. The molecule has 108 valence electrons. The summed E-state index contributed by atoms with van der Waals surface area (Å²) in [5.74, 6) is -0.159. The van der Waals surface area contributed by atoms with Crippen molar-refractivity contribution in [3.05, 3.63) is 18.2 Å². The summed E-state index contributed by atoms with van der Waals surface area (Å²) in [5.41, 5.74) is 1.27. The van der Waals surface area contributed by atoms with Crippen molar-refractivity contribution in [1.82, 2.24) is 4.31 Å². The van der Waals surface area contributed by atoms with Crippen LogP contribution in [0.5, 0.6) is 0 Å². The van der Waals surface area contributed by atoms with Crippen LogP contribution in [0.1, 0.15) is 19.8 Å². The molecule has 2 aliphatic rings. The van der Waals surface area contributed by atoms with Crippen LogP contribution >= 0.6 is 0 Å². The summed E-state index contributed by atoms with van der Waals surface area (Å²) < 4.78 is 26.4. The maximum absolute atomic E-state index is 12.5. The Balaban J connectivity index is 1.96. The quantitative estimate of drug-likeness (QED) is 0.860. The lowest BCUT2D eigenvalue weighted by molar-refractivity contribution is -0.116. The van der Waals surface area contributed by atoms with Crippen molar-refractivity contribution in [2.45, 2.75) is 30.7 Å². The highest BCUT2D eigenvalue weighted by atomic mass is 32.2. The molecule has 7 heteroatoms. The van der Waals surface area contributed by atoms with E-state index in [0.717, 1.165) is 18.5 Å². The van der Waals surface area contributed by atoms with Crippen LogP contribution in [-0.4, -0.2) is 37.8 Å². The largest absolute Gasteiger partial charge is 0.372 e. The average molecular weight is 295 g/mol. The first-order valence-corrected chi connectivity index (χ1v) is 8.14. The third-order valence-electron chi connectivity index (χ3n) is 3.72. The fourth-order valence-corrected chi connectivity index (χ4v) is 4.07. The minimum Gasteiger partial charge on any atom is -0.372 e. The molecule has 20 heavy (non-hydrogen) atoms. The molecule has 0 aromatic heterocycles. The molecule has 2 aliphatic heterocycles. The molecule has 2 heterocycles. The number of benzene rings is 1. The fourth-order valence-electron chi connectivity index (χ4n) is 2.53. The zero-order chi connectivity index (χ0) is 14.3. The smallest absolute Gasteiger partial charge is 0.246 e. The van der Waals surface area contributed by atoms with Gasteiger partial charge in [0.2, 0.25) is 15.9 Å². The second-order valence-electron chi connectivity index (χ2n) is 5.17. The lowest BCUT2D eigenvalue weighted by Gasteiger charge is -2.25. The monoisotopic (exact) mass is 295 g/mol. The van der Waals surface area contributed by atoms with Crippen LogP contribution in [0.3, 0.4) is 0 Å². The number of sulfonamides is 1. The molecule has 6 nitrogen and oxygen atoms in total. The van der Waals surface area contributed by atoms with Crippen molar-refractivity contribution in [3.8, 4) is 0 Å². The Morgan fingerprint density at radius 1 is 1.20 bits per heavy atom. The Morgan fingerprint density at radius 2 is 1.90 bits per heavy atom. The summed E-state index contributed by atoms with van der Waals surface area (Å²) in [6, 6.07) is 4.50. The Bertz CT molecular complexity index is 651. The Kier molecular flexibility index (Phi) is 3.18. The van der Waals surface area contributed by atoms with E-state index in [1.165, 1.54) is 10.4 Å². The first kappa shape index (κ1) is 13.4. The van der Waals surface area contributed by atoms with Crippen LogP contribution in [-0.2, 0) is 14.8 Å². The topological polar surface area (TPSA) is 78.5 Å². The molecule has 3 rings (SSSR count). The predicted octanol–water partition coefficient (Wildman–Crippen LogP) is 1.22. The molecular weight excluding hydrogens is 278 g/mol. The van der Waals surface area contributed by atoms with E-state index in [1.807, 2.05) is 0 Å². The highest BCUT2D eigenvalue weighted by molar-refractivity contribution is 7.89. The number of nitrogens with zero attached hydrogens (tertiary/aromatic N) is 1. The lowest BCUT2D eigenvalue weighted by Crippen LogP contribution is -2.36. The molecule has 0 aliphatic carbocycles. The number of hydrogen-bond donors (Lipinski definition) is 2. The van der Waals surface area contributed by atoms with E-state index in [-0.39, 0.29) is 16.8 Å². The first-order chi connectivity index (χ1) is 9.48. The van der Waals surface area contributed by atoms with Crippen LogP contribution in [0.15, 0.2) is 23.1 Å². The molecule has 1 aromatic carbocycles. The van der Waals surface area contributed by atoms with E-state index < -0.39 is 10.0 Å². The SMILES string of the molecule is CC1Nc2ccc(S(=O)(=O)N3CCCC3)cc2NC1=O. The summed E-state index contributed by atoms with van der Waals surface area (Å²) in [4.78, 5) is 11.9. The molecule has 1 saturated heterocycles. The van der Waals surface area contributed by atoms with E-state index in [9.17, 15) is 13.2 Å². The lowest BCUT2D eigenvalue weighted by atomic mass is 10.1. The van der Waals surface area contributed by atoms with Gasteiger partial charge in [0.25, 0.3) is 0 Å². The van der Waals surface area contributed by atoms with Gasteiger partial charge in [-0.05, 0) is 38.0 Å². The molecule has 0 saturated carbocycles. The minimum atomic E-state index is -3.45. The van der Waals surface area contributed by atoms with Crippen LogP contribution in [0.4, 0.5) is 11.4 Å². The van der Waals surface area contributed by atoms with Crippen LogP contribution in [0, 0.1) is 0 Å². The van der Waals surface area contributed by atoms with Gasteiger partial charge in [-0.25, -0.2) is 8.42 Å². The molecule has 1 unspecified atom stereocenters. The van der Waals surface area contributed by atoms with Crippen molar-refractivity contribution < 1.29 is 13.2 Å². The van der Waals surface area contributed by atoms with Gasteiger partial charge in [-0.3, -0.25) is 4.79 Å². The van der Waals surface area contributed by atoms with Crippen LogP contribution < -0.4 is 10.6 Å². The third kappa shape index (κ3) is 2.16. The zero-order valence-electron chi connectivity index (χ0n) is 11.2. The molecule has 1 amide bonds. The van der Waals surface area contributed by atoms with Gasteiger partial charge in [-0.2, -0.15) is 4.31 Å². The molecule has 1 atom stereocenters. The summed E-state index contributed by atoms with van der Waals surface area (Å²) in [6.45, 7) is 2.90. The maximum atomic E-state index is 12.5. The standard InChI is InChI=1S/C13H17N3O3S/c1-9-13(17)15-12-8-10(4-5-11(12)14-9)20(18,19)16-6-2-3-7-16/h4-5,8-9,14H,2-3,6-7H2,1H3,(H,15,17). The fraction of sp³-hybridized carbons (Fsp3) is 0.462. The number of rotatable bonds is 2. The highest BCUT2D eigenvalue weighted by Gasteiger charge is 2.29. The second-order valence-corrected chi connectivity index (χ2v) is 7.11. The summed E-state index contributed by atoms with van der Waals surface area (Å²) in [7, 11) is -3.45. The normalized spacial score (nSPS) is 23.1. The van der Waals surface area contributed by atoms with Crippen LogP contribution in [0.2, 0.25) is 0 Å². The van der Waals surface area contributed by atoms with Crippen LogP contribution in [0.25, 0.3) is 0 Å². The molecule has 0 bridgehead atoms. The van der Waals surface area contributed by atoms with Gasteiger partial charge in [0.15, 0.2) is 0 Å². The van der Waals surface area contributed by atoms with E-state index in [4.69, 9.17) is 0 Å². The summed E-state index contributed by atoms with van der Waals surface area (Å²) in [6.07, 6.45) is 1.81. The number of carbonyl (C=O) groups is 1. The van der Waals surface area contributed by atoms with Gasteiger partial charge in [-0.1, -0.05) is 0 Å². The number of amides is 1. The van der Waals surface area contributed by atoms with Crippen molar-refractivity contribution in [2.75, 3.05) is 23.7 Å². The van der Waals surface area contributed by atoms with Gasteiger partial charge in [0.05, 0.1) is 16.3 Å². The van der Waals surface area contributed by atoms with Gasteiger partial charge in [-0.15, -0.1) is 0 Å². The summed E-state index contributed by atoms with van der Waals surface area (Å²) >= 11 is 0. The highest BCUT2D eigenvalue weighted by Crippen LogP contribution is 2.31. The van der Waals surface area contributed by atoms with Crippen molar-refractivity contribution >= 4 is 27.3 Å². The number of hydrogen-bond acceptors (Lipinski definition) is 4. The zero-order valence-corrected chi connectivity index (χ0v) is 12.0. The van der Waals surface area contributed by atoms with E-state index >= 15 is 0 Å². The number of carbonyl (C=O) groups excluding carboxylic acids is 1. The van der Waals surface area contributed by atoms with Gasteiger partial charge in [0, 0.05) is 13.1 Å². The number of fused-ring (bicyclic) bond motifs is 1. The van der Waals surface area contributed by atoms with Gasteiger partial charge < -0.3 is 10.6 Å². The van der Waals surface area contributed by atoms with Gasteiger partial charge >= 0.3 is 0 Å². The molecular formula is C13H17N3O3S. The summed E-state index contributed by atoms with van der Waals surface area (Å²) in [5, 5.41) is 5.77. The molecule has 1 aromatic rings. The second kappa shape index (κ2) is 4.75. The molecule has 1 fully saturated rings. The van der Waals surface area contributed by atoms with Crippen molar-refractivity contribution in [1.29, 1.82) is 0 Å². The Labute approximate surface area is 118 Å². The van der Waals surface area contributed by atoms with E-state index in [1.54, 1.807) is 19.1 Å². The van der Waals surface area contributed by atoms with Gasteiger partial charge in [0.1, 0.15) is 6.04 Å². The van der Waals surface area contributed by atoms with E-state index in [0.29, 0.717) is 18.8 Å². The number of nitrogens with one attached hydrogen (secondary N) is 2. The van der Waals surface area contributed by atoms with Crippen molar-refractivity contribution in [3.63, 3.8) is 0 Å². The minimum absolute atomic E-state index is 0.159. The van der Waals surface area contributed by atoms with E-state index in [2.05, 4.69) is 10.6 Å². The Morgan fingerprint density at radius 3 is 2.60 bits per heavy atom. The molecule has 0 spiro atoms. The third-order valence-corrected chi connectivity index (χ3v) is 5.61. The molecule has 2 N–H and O–H groups in total. The Hall–Kier alpha value is -1.60. The molecule has 0 radical (unpaired) electrons. The first-order valence-electron chi connectivity index (χ1n) is 6.70. The van der Waals surface area contributed by atoms with Crippen molar-refractivity contribution in [2.24, 2.45) is 0 Å².